The van der Waals surface area contributed by atoms with Gasteiger partial charge < -0.3 is 5.32 Å². The standard InChI is InChI=1S/C27H26N6O/c1-17-5-9-20(10-6-17)15-33-16-24(25(31-33)21-11-7-18(2)8-12-21)27(34)29-22-13-23-19(3)30-32(4)26(23)28-14-22/h5-14,16H,15H2,1-4H3,(H,29,34). The van der Waals surface area contributed by atoms with Crippen LogP contribution >= 0.6 is 0 Å². The maximum atomic E-state index is 13.4. The fraction of sp³-hybridized carbons (Fsp3) is 0.185. The molecule has 3 aromatic heterocycles. The first kappa shape index (κ1) is 21.6. The quantitative estimate of drug-likeness (QED) is 0.406. The van der Waals surface area contributed by atoms with Crippen LogP contribution in [0.15, 0.2) is 67.0 Å². The molecule has 0 saturated heterocycles. The number of aryl methyl sites for hydroxylation is 4. The predicted octanol–water partition coefficient (Wildman–Crippen LogP) is 5.06. The minimum atomic E-state index is -0.228. The molecule has 2 aromatic carbocycles. The Bertz CT molecular complexity index is 1490. The van der Waals surface area contributed by atoms with Gasteiger partial charge in [0.1, 0.15) is 5.69 Å². The molecule has 0 spiro atoms. The second kappa shape index (κ2) is 8.59. The number of nitrogens with zero attached hydrogens (tertiary/aromatic N) is 5. The Labute approximate surface area is 198 Å². The Morgan fingerprint density at radius 1 is 0.941 bits per heavy atom. The van der Waals surface area contributed by atoms with Gasteiger partial charge in [-0.25, -0.2) is 4.98 Å². The zero-order chi connectivity index (χ0) is 23.8. The summed E-state index contributed by atoms with van der Waals surface area (Å²) in [4.78, 5) is 17.9. The number of rotatable bonds is 5. The van der Waals surface area contributed by atoms with Gasteiger partial charge in [-0.05, 0) is 32.4 Å². The number of nitrogens with one attached hydrogen (secondary N) is 1. The van der Waals surface area contributed by atoms with Crippen molar-refractivity contribution in [2.75, 3.05) is 5.32 Å². The van der Waals surface area contributed by atoms with Gasteiger partial charge in [-0.2, -0.15) is 10.2 Å². The van der Waals surface area contributed by atoms with Crippen LogP contribution in [0.1, 0.15) is 32.7 Å². The monoisotopic (exact) mass is 450 g/mol. The minimum absolute atomic E-state index is 0.228. The van der Waals surface area contributed by atoms with Crippen LogP contribution in [-0.4, -0.2) is 30.5 Å². The summed E-state index contributed by atoms with van der Waals surface area (Å²) in [5.74, 6) is -0.228. The van der Waals surface area contributed by atoms with Gasteiger partial charge in [0.2, 0.25) is 0 Å². The number of hydrogen-bond acceptors (Lipinski definition) is 4. The van der Waals surface area contributed by atoms with E-state index in [2.05, 4.69) is 46.6 Å². The van der Waals surface area contributed by atoms with Gasteiger partial charge in [0.25, 0.3) is 5.91 Å². The first-order chi connectivity index (χ1) is 16.4. The summed E-state index contributed by atoms with van der Waals surface area (Å²) in [6.07, 6.45) is 3.47. The molecule has 5 aromatic rings. The molecule has 0 radical (unpaired) electrons. The van der Waals surface area contributed by atoms with Crippen LogP contribution in [0.5, 0.6) is 0 Å². The van der Waals surface area contributed by atoms with Gasteiger partial charge in [0, 0.05) is 24.2 Å². The van der Waals surface area contributed by atoms with Crippen LogP contribution in [0.2, 0.25) is 0 Å². The number of amides is 1. The molecule has 7 nitrogen and oxygen atoms in total. The molecular weight excluding hydrogens is 424 g/mol. The Morgan fingerprint density at radius 3 is 2.32 bits per heavy atom. The zero-order valence-corrected chi connectivity index (χ0v) is 19.7. The van der Waals surface area contributed by atoms with Crippen LogP contribution in [0.4, 0.5) is 5.69 Å². The van der Waals surface area contributed by atoms with E-state index in [4.69, 9.17) is 5.10 Å². The molecule has 3 heterocycles. The van der Waals surface area contributed by atoms with Crippen LogP contribution in [0.3, 0.4) is 0 Å². The number of carbonyl (C=O) groups is 1. The predicted molar refractivity (Wildman–Crippen MR) is 134 cm³/mol. The van der Waals surface area contributed by atoms with Gasteiger partial charge in [-0.3, -0.25) is 14.2 Å². The average molecular weight is 451 g/mol. The highest BCUT2D eigenvalue weighted by molar-refractivity contribution is 6.08. The second-order valence-electron chi connectivity index (χ2n) is 8.70. The van der Waals surface area contributed by atoms with Crippen LogP contribution in [0.25, 0.3) is 22.3 Å². The molecule has 1 amide bonds. The Balaban J connectivity index is 1.49. The summed E-state index contributed by atoms with van der Waals surface area (Å²) in [6, 6.07) is 18.3. The van der Waals surface area contributed by atoms with Crippen molar-refractivity contribution >= 4 is 22.6 Å². The number of benzene rings is 2. The fourth-order valence-corrected chi connectivity index (χ4v) is 4.05. The largest absolute Gasteiger partial charge is 0.320 e. The van der Waals surface area contributed by atoms with Gasteiger partial charge in [0.15, 0.2) is 5.65 Å². The van der Waals surface area contributed by atoms with Gasteiger partial charge in [-0.1, -0.05) is 59.7 Å². The van der Waals surface area contributed by atoms with E-state index in [0.29, 0.717) is 23.5 Å². The molecule has 0 atom stereocenters. The van der Waals surface area contributed by atoms with E-state index < -0.39 is 0 Å². The summed E-state index contributed by atoms with van der Waals surface area (Å²) in [5, 5.41) is 13.1. The third kappa shape index (κ3) is 4.20. The molecule has 0 aliphatic carbocycles. The maximum Gasteiger partial charge on any atom is 0.259 e. The molecule has 0 aliphatic rings. The number of fused-ring (bicyclic) bond motifs is 1. The lowest BCUT2D eigenvalue weighted by molar-refractivity contribution is 0.102. The summed E-state index contributed by atoms with van der Waals surface area (Å²) in [7, 11) is 1.86. The molecule has 0 fully saturated rings. The number of aromatic nitrogens is 5. The lowest BCUT2D eigenvalue weighted by Gasteiger charge is -2.06. The van der Waals surface area contributed by atoms with E-state index in [9.17, 15) is 4.79 Å². The van der Waals surface area contributed by atoms with Crippen LogP contribution < -0.4 is 5.32 Å². The molecule has 170 valence electrons. The van der Waals surface area contributed by atoms with Gasteiger partial charge in [0.05, 0.1) is 29.7 Å². The molecule has 0 unspecified atom stereocenters. The molecule has 34 heavy (non-hydrogen) atoms. The van der Waals surface area contributed by atoms with Crippen LogP contribution in [0, 0.1) is 20.8 Å². The Kier molecular flexibility index (Phi) is 5.45. The fourth-order valence-electron chi connectivity index (χ4n) is 4.05. The van der Waals surface area contributed by atoms with E-state index >= 15 is 0 Å². The van der Waals surface area contributed by atoms with Crippen molar-refractivity contribution in [2.24, 2.45) is 7.05 Å². The normalized spacial score (nSPS) is 11.2. The third-order valence-corrected chi connectivity index (χ3v) is 5.92. The lowest BCUT2D eigenvalue weighted by atomic mass is 10.1. The van der Waals surface area contributed by atoms with E-state index in [0.717, 1.165) is 33.4 Å². The van der Waals surface area contributed by atoms with Crippen LogP contribution in [-0.2, 0) is 13.6 Å². The maximum absolute atomic E-state index is 13.4. The van der Waals surface area contributed by atoms with Crippen molar-refractivity contribution in [3.8, 4) is 11.3 Å². The Hall–Kier alpha value is -4.26. The molecule has 0 bridgehead atoms. The summed E-state index contributed by atoms with van der Waals surface area (Å²) in [5.41, 5.74) is 7.81. The minimum Gasteiger partial charge on any atom is -0.320 e. The van der Waals surface area contributed by atoms with E-state index in [1.807, 2.05) is 62.1 Å². The smallest absolute Gasteiger partial charge is 0.259 e. The number of carbonyl (C=O) groups excluding carboxylic acids is 1. The van der Waals surface area contributed by atoms with Crippen molar-refractivity contribution in [1.82, 2.24) is 24.5 Å². The van der Waals surface area contributed by atoms with E-state index in [1.54, 1.807) is 10.9 Å². The number of hydrogen-bond donors (Lipinski definition) is 1. The summed E-state index contributed by atoms with van der Waals surface area (Å²) < 4.78 is 3.56. The molecule has 1 N–H and O–H groups in total. The highest BCUT2D eigenvalue weighted by Crippen LogP contribution is 2.25. The second-order valence-corrected chi connectivity index (χ2v) is 8.70. The van der Waals surface area contributed by atoms with E-state index in [1.165, 1.54) is 5.56 Å². The first-order valence-electron chi connectivity index (χ1n) is 11.2. The van der Waals surface area contributed by atoms with Gasteiger partial charge in [-0.15, -0.1) is 0 Å². The molecule has 0 aliphatic heterocycles. The van der Waals surface area contributed by atoms with Crippen molar-refractivity contribution in [2.45, 2.75) is 27.3 Å². The molecule has 5 rings (SSSR count). The molecule has 7 heteroatoms. The highest BCUT2D eigenvalue weighted by atomic mass is 16.1. The van der Waals surface area contributed by atoms with Crippen molar-refractivity contribution in [3.05, 3.63) is 94.9 Å². The average Bonchev–Trinajstić information content (AvgIpc) is 3.36. The Morgan fingerprint density at radius 2 is 1.62 bits per heavy atom. The number of pyridine rings is 1. The van der Waals surface area contributed by atoms with Crippen molar-refractivity contribution in [1.29, 1.82) is 0 Å². The SMILES string of the molecule is Cc1ccc(Cn2cc(C(=O)Nc3cnc4c(c3)c(C)nn4C)c(-c3ccc(C)cc3)n2)cc1. The molecular formula is C27H26N6O. The lowest BCUT2D eigenvalue weighted by Crippen LogP contribution is -2.12. The topological polar surface area (TPSA) is 77.6 Å². The van der Waals surface area contributed by atoms with Crippen molar-refractivity contribution in [3.63, 3.8) is 0 Å². The van der Waals surface area contributed by atoms with Crippen molar-refractivity contribution < 1.29 is 4.79 Å². The molecule has 0 saturated carbocycles. The van der Waals surface area contributed by atoms with Gasteiger partial charge >= 0.3 is 0 Å². The highest BCUT2D eigenvalue weighted by Gasteiger charge is 2.19. The van der Waals surface area contributed by atoms with E-state index in [-0.39, 0.29) is 5.91 Å². The summed E-state index contributed by atoms with van der Waals surface area (Å²) >= 11 is 0. The zero-order valence-electron chi connectivity index (χ0n) is 19.7. The number of anilines is 1. The third-order valence-electron chi connectivity index (χ3n) is 5.92. The summed E-state index contributed by atoms with van der Waals surface area (Å²) in [6.45, 7) is 6.61. The first-order valence-corrected chi connectivity index (χ1v) is 11.2.